The van der Waals surface area contributed by atoms with E-state index >= 15 is 0 Å². The number of amides is 1. The van der Waals surface area contributed by atoms with Crippen LogP contribution in [0.2, 0.25) is 0 Å². The topological polar surface area (TPSA) is 97.1 Å². The van der Waals surface area contributed by atoms with Gasteiger partial charge in [0.2, 0.25) is 5.91 Å². The minimum atomic E-state index is -1.18. The van der Waals surface area contributed by atoms with Crippen molar-refractivity contribution in [3.8, 4) is 0 Å². The number of halogens is 1. The first-order valence-corrected chi connectivity index (χ1v) is 6.44. The number of aryl methyl sites for hydroxylation is 1. The smallest absolute Gasteiger partial charge is 0.358 e. The maximum atomic E-state index is 11.8. The van der Waals surface area contributed by atoms with Crippen LogP contribution >= 0.6 is 15.9 Å². The number of carboxylic acids is 1. The lowest BCUT2D eigenvalue weighted by Gasteiger charge is -2.06. The van der Waals surface area contributed by atoms with Gasteiger partial charge >= 0.3 is 5.97 Å². The zero-order valence-electron chi connectivity index (χ0n) is 10.5. The Morgan fingerprint density at radius 1 is 1.45 bits per heavy atom. The van der Waals surface area contributed by atoms with E-state index < -0.39 is 5.97 Å². The van der Waals surface area contributed by atoms with Gasteiger partial charge in [-0.15, -0.1) is 5.10 Å². The van der Waals surface area contributed by atoms with E-state index in [1.54, 1.807) is 12.1 Å². The Kier molecular flexibility index (Phi) is 4.14. The minimum Gasteiger partial charge on any atom is -0.476 e. The monoisotopic (exact) mass is 338 g/mol. The third-order valence-electron chi connectivity index (χ3n) is 2.52. The van der Waals surface area contributed by atoms with Gasteiger partial charge in [0.25, 0.3) is 0 Å². The van der Waals surface area contributed by atoms with Gasteiger partial charge in [-0.2, -0.15) is 0 Å². The Hall–Kier alpha value is -2.22. The number of carboxylic acid groups (broad SMARTS) is 1. The maximum Gasteiger partial charge on any atom is 0.358 e. The molecule has 1 aromatic carbocycles. The highest BCUT2D eigenvalue weighted by molar-refractivity contribution is 9.10. The minimum absolute atomic E-state index is 0.105. The predicted octanol–water partition coefficient (Wildman–Crippen LogP) is 1.69. The van der Waals surface area contributed by atoms with Crippen molar-refractivity contribution in [1.29, 1.82) is 0 Å². The molecule has 0 unspecified atom stereocenters. The summed E-state index contributed by atoms with van der Waals surface area (Å²) >= 11 is 3.38. The molecule has 1 amide bonds. The molecule has 0 aliphatic carbocycles. The summed E-state index contributed by atoms with van der Waals surface area (Å²) < 4.78 is 2.06. The normalized spacial score (nSPS) is 10.3. The summed E-state index contributed by atoms with van der Waals surface area (Å²) in [6, 6.07) is 5.44. The zero-order valence-corrected chi connectivity index (χ0v) is 12.1. The van der Waals surface area contributed by atoms with Gasteiger partial charge in [-0.25, -0.2) is 9.48 Å². The van der Waals surface area contributed by atoms with Crippen molar-refractivity contribution in [2.75, 3.05) is 5.32 Å². The van der Waals surface area contributed by atoms with E-state index in [0.717, 1.165) is 10.0 Å². The van der Waals surface area contributed by atoms with Crippen LogP contribution < -0.4 is 5.32 Å². The number of nitrogens with one attached hydrogen (secondary N) is 1. The lowest BCUT2D eigenvalue weighted by Crippen LogP contribution is -2.19. The van der Waals surface area contributed by atoms with E-state index in [0.29, 0.717) is 5.69 Å². The van der Waals surface area contributed by atoms with Crippen molar-refractivity contribution < 1.29 is 14.7 Å². The number of anilines is 1. The fraction of sp³-hybridized carbons (Fsp3) is 0.167. The van der Waals surface area contributed by atoms with E-state index in [1.807, 2.05) is 13.0 Å². The molecule has 0 saturated heterocycles. The number of nitrogens with zero attached hydrogens (tertiary/aromatic N) is 3. The second kappa shape index (κ2) is 5.83. The van der Waals surface area contributed by atoms with Crippen LogP contribution in [0.5, 0.6) is 0 Å². The van der Waals surface area contributed by atoms with Crippen molar-refractivity contribution in [2.24, 2.45) is 0 Å². The van der Waals surface area contributed by atoms with E-state index in [9.17, 15) is 9.59 Å². The largest absolute Gasteiger partial charge is 0.476 e. The number of hydrogen-bond acceptors (Lipinski definition) is 4. The molecular formula is C12H11BrN4O3. The lowest BCUT2D eigenvalue weighted by molar-refractivity contribution is -0.116. The molecule has 20 heavy (non-hydrogen) atoms. The molecule has 7 nitrogen and oxygen atoms in total. The summed E-state index contributed by atoms with van der Waals surface area (Å²) in [5.41, 5.74) is 1.51. The average Bonchev–Trinajstić information content (AvgIpc) is 2.82. The van der Waals surface area contributed by atoms with Crippen LogP contribution in [-0.2, 0) is 11.3 Å². The van der Waals surface area contributed by atoms with Gasteiger partial charge in [-0.1, -0.05) is 27.2 Å². The number of aromatic carboxylic acids is 1. The van der Waals surface area contributed by atoms with Crippen LogP contribution in [-0.4, -0.2) is 32.0 Å². The standard InChI is InChI=1S/C12H11BrN4O3/c1-7-2-3-8(4-9(7)13)14-11(18)6-17-5-10(12(19)20)15-16-17/h2-5H,6H2,1H3,(H,14,18)(H,19,20). The van der Waals surface area contributed by atoms with Crippen molar-refractivity contribution in [1.82, 2.24) is 15.0 Å². The third-order valence-corrected chi connectivity index (χ3v) is 3.37. The fourth-order valence-corrected chi connectivity index (χ4v) is 1.87. The van der Waals surface area contributed by atoms with Gasteiger partial charge in [0.05, 0.1) is 6.20 Å². The van der Waals surface area contributed by atoms with Gasteiger partial charge < -0.3 is 10.4 Å². The highest BCUT2D eigenvalue weighted by Gasteiger charge is 2.11. The number of benzene rings is 1. The number of hydrogen-bond donors (Lipinski definition) is 2. The maximum absolute atomic E-state index is 11.8. The van der Waals surface area contributed by atoms with Crippen LogP contribution in [0.3, 0.4) is 0 Å². The Balaban J connectivity index is 2.01. The van der Waals surface area contributed by atoms with E-state index in [2.05, 4.69) is 31.6 Å². The number of aromatic nitrogens is 3. The SMILES string of the molecule is Cc1ccc(NC(=O)Cn2cc(C(=O)O)nn2)cc1Br. The average molecular weight is 339 g/mol. The Labute approximate surface area is 122 Å². The molecule has 2 rings (SSSR count). The first-order valence-electron chi connectivity index (χ1n) is 5.65. The summed E-state index contributed by atoms with van der Waals surface area (Å²) in [6.45, 7) is 1.84. The molecule has 1 aromatic heterocycles. The molecule has 0 radical (unpaired) electrons. The van der Waals surface area contributed by atoms with E-state index in [-0.39, 0.29) is 18.1 Å². The highest BCUT2D eigenvalue weighted by atomic mass is 79.9. The van der Waals surface area contributed by atoms with Crippen molar-refractivity contribution in [3.63, 3.8) is 0 Å². The quantitative estimate of drug-likeness (QED) is 0.883. The molecule has 0 atom stereocenters. The van der Waals surface area contributed by atoms with Gasteiger partial charge in [0, 0.05) is 10.2 Å². The van der Waals surface area contributed by atoms with E-state index in [1.165, 1.54) is 10.9 Å². The van der Waals surface area contributed by atoms with E-state index in [4.69, 9.17) is 5.11 Å². The van der Waals surface area contributed by atoms with Crippen LogP contribution in [0, 0.1) is 6.92 Å². The number of carbonyl (C=O) groups is 2. The molecule has 0 bridgehead atoms. The third kappa shape index (κ3) is 3.41. The molecular weight excluding hydrogens is 328 g/mol. The first-order chi connectivity index (χ1) is 9.45. The number of carbonyl (C=O) groups excluding carboxylic acids is 1. The van der Waals surface area contributed by atoms with Gasteiger partial charge in [0.1, 0.15) is 6.54 Å². The fourth-order valence-electron chi connectivity index (χ4n) is 1.49. The molecule has 0 aliphatic heterocycles. The van der Waals surface area contributed by atoms with Crippen molar-refractivity contribution >= 4 is 33.5 Å². The predicted molar refractivity (Wildman–Crippen MR) is 74.5 cm³/mol. The summed E-state index contributed by atoms with van der Waals surface area (Å²) in [5, 5.41) is 18.4. The van der Waals surface area contributed by atoms with Crippen molar-refractivity contribution in [3.05, 3.63) is 40.1 Å². The van der Waals surface area contributed by atoms with Crippen LogP contribution in [0.4, 0.5) is 5.69 Å². The molecule has 1 heterocycles. The van der Waals surface area contributed by atoms with Crippen LogP contribution in [0.25, 0.3) is 0 Å². The molecule has 0 saturated carbocycles. The summed E-state index contributed by atoms with van der Waals surface area (Å²) in [4.78, 5) is 22.4. The second-order valence-corrected chi connectivity index (χ2v) is 4.97. The Morgan fingerprint density at radius 2 is 2.20 bits per heavy atom. The van der Waals surface area contributed by atoms with Crippen LogP contribution in [0.15, 0.2) is 28.9 Å². The molecule has 0 spiro atoms. The molecule has 0 fully saturated rings. The number of rotatable bonds is 4. The summed E-state index contributed by atoms with van der Waals surface area (Å²) in [6.07, 6.45) is 1.20. The molecule has 104 valence electrons. The first kappa shape index (κ1) is 14.2. The molecule has 0 aliphatic rings. The lowest BCUT2D eigenvalue weighted by atomic mass is 10.2. The second-order valence-electron chi connectivity index (χ2n) is 4.12. The van der Waals surface area contributed by atoms with Crippen LogP contribution in [0.1, 0.15) is 16.1 Å². The highest BCUT2D eigenvalue weighted by Crippen LogP contribution is 2.20. The molecule has 2 N–H and O–H groups in total. The van der Waals surface area contributed by atoms with Gasteiger partial charge in [-0.3, -0.25) is 4.79 Å². The molecule has 2 aromatic rings. The van der Waals surface area contributed by atoms with Gasteiger partial charge in [0.15, 0.2) is 5.69 Å². The van der Waals surface area contributed by atoms with Gasteiger partial charge in [-0.05, 0) is 24.6 Å². The zero-order chi connectivity index (χ0) is 14.7. The summed E-state index contributed by atoms with van der Waals surface area (Å²) in [5.74, 6) is -1.50. The Bertz CT molecular complexity index is 668. The van der Waals surface area contributed by atoms with Crippen molar-refractivity contribution in [2.45, 2.75) is 13.5 Å². The Morgan fingerprint density at radius 3 is 2.80 bits per heavy atom. The molecule has 8 heteroatoms. The summed E-state index contributed by atoms with van der Waals surface area (Å²) in [7, 11) is 0.